The zero-order valence-electron chi connectivity index (χ0n) is 18.2. The number of hydrogen-bond donors (Lipinski definition) is 0. The highest BCUT2D eigenvalue weighted by atomic mass is 19.2. The van der Waals surface area contributed by atoms with E-state index in [9.17, 15) is 17.6 Å². The number of hydrogen-bond acceptors (Lipinski definition) is 0. The summed E-state index contributed by atoms with van der Waals surface area (Å²) < 4.78 is 56.4. The Morgan fingerprint density at radius 3 is 2.16 bits per heavy atom. The molecule has 0 aliphatic heterocycles. The van der Waals surface area contributed by atoms with Gasteiger partial charge in [-0.2, -0.15) is 0 Å². The molecular formula is C28H26F4. The largest absolute Gasteiger partial charge is 0.206 e. The van der Waals surface area contributed by atoms with Crippen molar-refractivity contribution in [1.29, 1.82) is 0 Å². The van der Waals surface area contributed by atoms with E-state index in [-0.39, 0.29) is 10.9 Å². The van der Waals surface area contributed by atoms with Crippen LogP contribution in [-0.4, -0.2) is 0 Å². The molecule has 3 aromatic carbocycles. The summed E-state index contributed by atoms with van der Waals surface area (Å²) in [6, 6.07) is 9.75. The van der Waals surface area contributed by atoms with E-state index < -0.39 is 23.3 Å². The van der Waals surface area contributed by atoms with Crippen molar-refractivity contribution in [3.8, 4) is 11.8 Å². The molecule has 4 heteroatoms. The van der Waals surface area contributed by atoms with E-state index in [1.807, 2.05) is 0 Å². The molecule has 1 aliphatic carbocycles. The maximum atomic E-state index is 14.6. The predicted octanol–water partition coefficient (Wildman–Crippen LogP) is 7.95. The number of fused-ring (bicyclic) bond motifs is 1. The van der Waals surface area contributed by atoms with E-state index in [0.29, 0.717) is 28.9 Å². The molecule has 4 rings (SSSR count). The first-order valence-corrected chi connectivity index (χ1v) is 11.3. The predicted molar refractivity (Wildman–Crippen MR) is 120 cm³/mol. The topological polar surface area (TPSA) is 0 Å². The van der Waals surface area contributed by atoms with Gasteiger partial charge in [0.15, 0.2) is 11.6 Å². The van der Waals surface area contributed by atoms with E-state index in [1.165, 1.54) is 62.4 Å². The van der Waals surface area contributed by atoms with Crippen molar-refractivity contribution in [2.75, 3.05) is 0 Å². The summed E-state index contributed by atoms with van der Waals surface area (Å²) in [6.45, 7) is 2.24. The molecule has 1 fully saturated rings. The first kappa shape index (κ1) is 22.4. The third-order valence-corrected chi connectivity index (χ3v) is 6.73. The highest BCUT2D eigenvalue weighted by molar-refractivity contribution is 5.84. The molecule has 1 saturated carbocycles. The molecule has 0 amide bonds. The molecule has 0 spiro atoms. The van der Waals surface area contributed by atoms with Gasteiger partial charge in [0.25, 0.3) is 0 Å². The van der Waals surface area contributed by atoms with E-state index in [1.54, 1.807) is 6.07 Å². The van der Waals surface area contributed by atoms with Crippen LogP contribution in [-0.2, 0) is 6.42 Å². The summed E-state index contributed by atoms with van der Waals surface area (Å²) in [7, 11) is 0. The van der Waals surface area contributed by atoms with Gasteiger partial charge in [0.2, 0.25) is 0 Å². The Hall–Kier alpha value is -2.80. The molecule has 0 saturated heterocycles. The molecule has 3 aromatic rings. The first-order valence-electron chi connectivity index (χ1n) is 11.3. The van der Waals surface area contributed by atoms with Crippen LogP contribution in [0.2, 0.25) is 0 Å². The van der Waals surface area contributed by atoms with Gasteiger partial charge < -0.3 is 0 Å². The van der Waals surface area contributed by atoms with Gasteiger partial charge in [0.1, 0.15) is 11.6 Å². The number of benzene rings is 3. The van der Waals surface area contributed by atoms with Gasteiger partial charge in [-0.05, 0) is 66.0 Å². The quantitative estimate of drug-likeness (QED) is 0.286. The van der Waals surface area contributed by atoms with E-state index >= 15 is 0 Å². The Kier molecular flexibility index (Phi) is 6.84. The van der Waals surface area contributed by atoms with Crippen LogP contribution in [0.15, 0.2) is 42.5 Å². The lowest BCUT2D eigenvalue weighted by atomic mass is 9.78. The molecule has 0 bridgehead atoms. The summed E-state index contributed by atoms with van der Waals surface area (Å²) >= 11 is 0. The Bertz CT molecular complexity index is 1150. The van der Waals surface area contributed by atoms with Gasteiger partial charge in [-0.25, -0.2) is 17.6 Å². The minimum Gasteiger partial charge on any atom is -0.206 e. The zero-order valence-corrected chi connectivity index (χ0v) is 18.2. The summed E-state index contributed by atoms with van der Waals surface area (Å²) in [6.07, 6.45) is 7.78. The van der Waals surface area contributed by atoms with Gasteiger partial charge in [-0.15, -0.1) is 0 Å². The standard InChI is InChI=1S/C28H26F4/c1-2-18-3-5-19(6-4-18)7-8-21-16-26(30)24(27(31)17-21)13-10-20-9-12-23-22(15-20)11-14-25(29)28(23)32/h9,11-12,14-19H,2-8H2,1H3. The van der Waals surface area contributed by atoms with Crippen molar-refractivity contribution in [3.05, 3.63) is 82.4 Å². The molecule has 0 nitrogen and oxygen atoms in total. The Labute approximate surface area is 186 Å². The van der Waals surface area contributed by atoms with Gasteiger partial charge in [-0.3, -0.25) is 0 Å². The monoisotopic (exact) mass is 438 g/mol. The first-order chi connectivity index (χ1) is 15.4. The number of rotatable bonds is 4. The fourth-order valence-corrected chi connectivity index (χ4v) is 4.67. The van der Waals surface area contributed by atoms with Crippen LogP contribution in [0, 0.1) is 46.9 Å². The number of aryl methyl sites for hydroxylation is 1. The normalized spacial score (nSPS) is 18.4. The average molecular weight is 439 g/mol. The minimum atomic E-state index is -0.923. The molecule has 0 aromatic heterocycles. The van der Waals surface area contributed by atoms with Crippen molar-refractivity contribution in [2.24, 2.45) is 11.8 Å². The van der Waals surface area contributed by atoms with Gasteiger partial charge in [0, 0.05) is 10.9 Å². The van der Waals surface area contributed by atoms with E-state index in [0.717, 1.165) is 18.4 Å². The smallest absolute Gasteiger partial charge is 0.166 e. The summed E-state index contributed by atoms with van der Waals surface area (Å²) in [5, 5.41) is 0.611. The SMILES string of the molecule is CCC1CCC(CCc2cc(F)c(C#Cc3ccc4c(F)c(F)ccc4c3)c(F)c2)CC1. The summed E-state index contributed by atoms with van der Waals surface area (Å²) in [5.41, 5.74) is 0.850. The lowest BCUT2D eigenvalue weighted by Gasteiger charge is -2.27. The second-order valence-electron chi connectivity index (χ2n) is 8.82. The second-order valence-corrected chi connectivity index (χ2v) is 8.82. The zero-order chi connectivity index (χ0) is 22.7. The third kappa shape index (κ3) is 4.99. The molecule has 32 heavy (non-hydrogen) atoms. The second kappa shape index (κ2) is 9.77. The van der Waals surface area contributed by atoms with Crippen molar-refractivity contribution >= 4 is 10.8 Å². The molecular weight excluding hydrogens is 412 g/mol. The van der Waals surface area contributed by atoms with Crippen molar-refractivity contribution in [3.63, 3.8) is 0 Å². The lowest BCUT2D eigenvalue weighted by Crippen LogP contribution is -2.14. The Balaban J connectivity index is 1.47. The van der Waals surface area contributed by atoms with Crippen LogP contribution in [0.4, 0.5) is 17.6 Å². The summed E-state index contributed by atoms with van der Waals surface area (Å²) in [4.78, 5) is 0. The van der Waals surface area contributed by atoms with Gasteiger partial charge in [-0.1, -0.05) is 63.0 Å². The van der Waals surface area contributed by atoms with Crippen LogP contribution in [0.5, 0.6) is 0 Å². The Morgan fingerprint density at radius 1 is 0.781 bits per heavy atom. The van der Waals surface area contributed by atoms with Crippen molar-refractivity contribution in [2.45, 2.75) is 51.9 Å². The molecule has 166 valence electrons. The fraction of sp³-hybridized carbons (Fsp3) is 0.357. The third-order valence-electron chi connectivity index (χ3n) is 6.73. The molecule has 0 heterocycles. The summed E-state index contributed by atoms with van der Waals surface area (Å²) in [5.74, 6) is 3.58. The number of halogens is 4. The highest BCUT2D eigenvalue weighted by Gasteiger charge is 2.20. The van der Waals surface area contributed by atoms with E-state index in [4.69, 9.17) is 0 Å². The van der Waals surface area contributed by atoms with Crippen LogP contribution in [0.3, 0.4) is 0 Å². The van der Waals surface area contributed by atoms with Crippen LogP contribution in [0.1, 0.15) is 62.1 Å². The van der Waals surface area contributed by atoms with E-state index in [2.05, 4.69) is 18.8 Å². The molecule has 0 N–H and O–H groups in total. The van der Waals surface area contributed by atoms with Crippen molar-refractivity contribution < 1.29 is 17.6 Å². The van der Waals surface area contributed by atoms with Crippen molar-refractivity contribution in [1.82, 2.24) is 0 Å². The van der Waals surface area contributed by atoms with Crippen LogP contribution in [0.25, 0.3) is 10.8 Å². The molecule has 1 aliphatic rings. The van der Waals surface area contributed by atoms with Crippen LogP contribution < -0.4 is 0 Å². The minimum absolute atomic E-state index is 0.139. The van der Waals surface area contributed by atoms with Crippen LogP contribution >= 0.6 is 0 Å². The maximum Gasteiger partial charge on any atom is 0.166 e. The van der Waals surface area contributed by atoms with Gasteiger partial charge in [0.05, 0.1) is 5.56 Å². The Morgan fingerprint density at radius 2 is 1.47 bits per heavy atom. The lowest BCUT2D eigenvalue weighted by molar-refractivity contribution is 0.258. The molecule has 0 radical (unpaired) electrons. The van der Waals surface area contributed by atoms with Gasteiger partial charge >= 0.3 is 0 Å². The molecule has 0 atom stereocenters. The molecule has 0 unspecified atom stereocenters. The average Bonchev–Trinajstić information content (AvgIpc) is 2.80. The fourth-order valence-electron chi connectivity index (χ4n) is 4.67. The highest BCUT2D eigenvalue weighted by Crippen LogP contribution is 2.33. The maximum absolute atomic E-state index is 14.6.